The summed E-state index contributed by atoms with van der Waals surface area (Å²) in [5.74, 6) is -17.2. The highest BCUT2D eigenvalue weighted by Crippen LogP contribution is 2.32. The molecule has 0 bridgehead atoms. The van der Waals surface area contributed by atoms with Crippen molar-refractivity contribution in [3.63, 3.8) is 0 Å². The summed E-state index contributed by atoms with van der Waals surface area (Å²) in [4.78, 5) is 103. The summed E-state index contributed by atoms with van der Waals surface area (Å²) < 4.78 is 162. The van der Waals surface area contributed by atoms with E-state index in [-0.39, 0.29) is 196 Å². The van der Waals surface area contributed by atoms with Crippen molar-refractivity contribution in [3.8, 4) is 5.75 Å². The third-order valence-corrected chi connectivity index (χ3v) is 21.3. The summed E-state index contributed by atoms with van der Waals surface area (Å²) in [6, 6.07) is -3.00. The van der Waals surface area contributed by atoms with E-state index < -0.39 is 180 Å². The lowest BCUT2D eigenvalue weighted by Gasteiger charge is -2.42. The van der Waals surface area contributed by atoms with Gasteiger partial charge in [0, 0.05) is 99.4 Å². The van der Waals surface area contributed by atoms with Crippen molar-refractivity contribution in [3.05, 3.63) is 64.8 Å². The lowest BCUT2D eigenvalue weighted by Crippen LogP contribution is -2.64. The number of carbonyl (C=O) groups is 8. The number of hydrogen-bond donors (Lipinski definition) is 13. The molecule has 0 aliphatic carbocycles. The SMILES string of the molecule is CO[C@@H]1O[C@H](COCc2cn(CCOCCOCCNC(=O)CCC(CCC(=O)NCCOCCOCCn3cc(COC[C@H]4O[C@@H](OC)[C@H](NC(C)=O)[C@@H](O)[C@H]4O)nn3)(CCC(=O)NCCOCCOCCn3cc(COC[C@H]4O[C@@H](OC)[C@H](NC(C)=O)[C@@H](O)[C@H]4O)nn3)NC(=O)CCCCCCCCCCC(=O)Oc3c(F)c(F)c(F)c(F)c3F)nn2)[C@H](O)[C@H](O)[C@H]1NC(C)=O. The second-order valence-electron chi connectivity index (χ2n) is 31.7. The summed E-state index contributed by atoms with van der Waals surface area (Å²) in [6.45, 7) is 6.56. The van der Waals surface area contributed by atoms with Crippen LogP contribution in [0.25, 0.3) is 0 Å². The largest absolute Gasteiger partial charge is 0.420 e. The molecule has 133 heavy (non-hydrogen) atoms. The molecule has 15 atom stereocenters. The van der Waals surface area contributed by atoms with Crippen LogP contribution in [-0.2, 0) is 149 Å². The number of aliphatic hydroxyl groups is 6. The number of nitrogens with zero attached hydrogens (tertiary/aromatic N) is 9. The Morgan fingerprint density at radius 2 is 0.669 bits per heavy atom. The Kier molecular flexibility index (Phi) is 50.7. The Labute approximate surface area is 764 Å². The Bertz CT molecular complexity index is 3790. The van der Waals surface area contributed by atoms with E-state index in [1.54, 1.807) is 18.6 Å². The summed E-state index contributed by atoms with van der Waals surface area (Å²) in [5.41, 5.74) is 0.0781. The number of ether oxygens (including phenoxy) is 16. The van der Waals surface area contributed by atoms with Gasteiger partial charge in [0.1, 0.15) is 90.1 Å². The molecular weight excluding hydrogens is 1780 g/mol. The first-order valence-electron chi connectivity index (χ1n) is 44.1. The van der Waals surface area contributed by atoms with Crippen molar-refractivity contribution in [2.75, 3.05) is 140 Å². The molecule has 0 saturated carbocycles. The molecule has 51 heteroatoms. The van der Waals surface area contributed by atoms with Gasteiger partial charge in [0.05, 0.1) is 157 Å². The third-order valence-electron chi connectivity index (χ3n) is 21.3. The van der Waals surface area contributed by atoms with Gasteiger partial charge in [-0.2, -0.15) is 8.78 Å². The summed E-state index contributed by atoms with van der Waals surface area (Å²) in [5, 5.41) is 107. The van der Waals surface area contributed by atoms with Gasteiger partial charge in [-0.1, -0.05) is 54.2 Å². The van der Waals surface area contributed by atoms with Gasteiger partial charge in [-0.15, -0.1) is 15.3 Å². The second-order valence-corrected chi connectivity index (χ2v) is 31.7. The lowest BCUT2D eigenvalue weighted by atomic mass is 9.82. The number of carbonyl (C=O) groups excluding carboxylic acids is 8. The van der Waals surface area contributed by atoms with Crippen LogP contribution < -0.4 is 42.0 Å². The average molecular weight is 1910 g/mol. The van der Waals surface area contributed by atoms with E-state index >= 15 is 0 Å². The van der Waals surface area contributed by atoms with Crippen LogP contribution in [0.3, 0.4) is 0 Å². The van der Waals surface area contributed by atoms with Crippen molar-refractivity contribution < 1.29 is 167 Å². The van der Waals surface area contributed by atoms with Crippen molar-refractivity contribution in [2.45, 2.75) is 260 Å². The number of aliphatic hydroxyl groups excluding tert-OH is 6. The maximum absolute atomic E-state index is 14.2. The summed E-state index contributed by atoms with van der Waals surface area (Å²) in [6.07, 6.45) is -5.83. The fourth-order valence-electron chi connectivity index (χ4n) is 14.3. The van der Waals surface area contributed by atoms with Gasteiger partial charge in [-0.25, -0.2) is 27.2 Å². The second kappa shape index (κ2) is 60.6. The number of unbranched alkanes of at least 4 members (excludes halogenated alkanes) is 7. The molecule has 3 aromatic heterocycles. The quantitative estimate of drug-likeness (QED) is 0.00571. The highest BCUT2D eigenvalue weighted by atomic mass is 19.2. The molecule has 4 aromatic rings. The number of halogens is 5. The molecule has 3 aliphatic heterocycles. The first kappa shape index (κ1) is 111. The molecule has 6 heterocycles. The van der Waals surface area contributed by atoms with Crippen molar-refractivity contribution in [1.82, 2.24) is 82.2 Å². The topological polar surface area (TPSA) is 582 Å². The van der Waals surface area contributed by atoms with Crippen LogP contribution in [0, 0.1) is 29.1 Å². The highest BCUT2D eigenvalue weighted by molar-refractivity contribution is 5.80. The van der Waals surface area contributed by atoms with Crippen LogP contribution in [-0.4, -0.2) is 360 Å². The molecule has 13 N–H and O–H groups in total. The molecule has 3 fully saturated rings. The van der Waals surface area contributed by atoms with Gasteiger partial charge in [0.25, 0.3) is 0 Å². The summed E-state index contributed by atoms with van der Waals surface area (Å²) in [7, 11) is 4.01. The lowest BCUT2D eigenvalue weighted by molar-refractivity contribution is -0.265. The zero-order valence-electron chi connectivity index (χ0n) is 75.6. The molecule has 7 rings (SSSR count). The highest BCUT2D eigenvalue weighted by Gasteiger charge is 2.48. The van der Waals surface area contributed by atoms with E-state index in [1.165, 1.54) is 56.1 Å². The number of rotatable bonds is 67. The molecule has 1 aromatic carbocycles. The van der Waals surface area contributed by atoms with Gasteiger partial charge in [-0.3, -0.25) is 38.4 Å². The number of aromatic nitrogens is 9. The van der Waals surface area contributed by atoms with E-state index in [0.29, 0.717) is 81.7 Å². The molecule has 3 aliphatic rings. The summed E-state index contributed by atoms with van der Waals surface area (Å²) >= 11 is 0. The normalized spacial score (nSPS) is 22.0. The van der Waals surface area contributed by atoms with Crippen molar-refractivity contribution in [2.24, 2.45) is 0 Å². The molecule has 46 nitrogen and oxygen atoms in total. The van der Waals surface area contributed by atoms with E-state index in [2.05, 4.69) is 72.9 Å². The molecule has 752 valence electrons. The van der Waals surface area contributed by atoms with E-state index in [9.17, 15) is 90.9 Å². The fraction of sp³-hybridized carbons (Fsp3) is 0.756. The minimum Gasteiger partial charge on any atom is -0.420 e. The van der Waals surface area contributed by atoms with Crippen LogP contribution >= 0.6 is 0 Å². The number of amides is 7. The van der Waals surface area contributed by atoms with Gasteiger partial charge in [0.2, 0.25) is 76.2 Å². The van der Waals surface area contributed by atoms with Gasteiger partial charge < -0.3 is 144 Å². The zero-order valence-corrected chi connectivity index (χ0v) is 75.6. The van der Waals surface area contributed by atoms with Crippen molar-refractivity contribution in [1.29, 1.82) is 0 Å². The molecule has 7 amide bonds. The first-order chi connectivity index (χ1) is 63.9. The smallest absolute Gasteiger partial charge is 0.311 e. The number of nitrogens with one attached hydrogen (secondary N) is 7. The van der Waals surface area contributed by atoms with Gasteiger partial charge >= 0.3 is 5.97 Å². The zero-order chi connectivity index (χ0) is 96.6. The molecule has 3 saturated heterocycles. The monoisotopic (exact) mass is 1910 g/mol. The number of esters is 1. The third kappa shape index (κ3) is 39.4. The average Bonchev–Trinajstić information content (AvgIpc) is 1.02. The van der Waals surface area contributed by atoms with Gasteiger partial charge in [0.15, 0.2) is 18.9 Å². The Morgan fingerprint density at radius 1 is 0.376 bits per heavy atom. The van der Waals surface area contributed by atoms with Crippen LogP contribution in [0.15, 0.2) is 18.6 Å². The van der Waals surface area contributed by atoms with Crippen LogP contribution in [0.2, 0.25) is 0 Å². The molecule has 0 unspecified atom stereocenters. The maximum atomic E-state index is 14.2. The van der Waals surface area contributed by atoms with Crippen molar-refractivity contribution >= 4 is 47.3 Å². The Morgan fingerprint density at radius 3 is 0.977 bits per heavy atom. The number of methoxy groups -OCH3 is 3. The van der Waals surface area contributed by atoms with E-state index in [0.717, 1.165) is 0 Å². The molecule has 0 spiro atoms. The Balaban J connectivity index is 0.868. The van der Waals surface area contributed by atoms with E-state index in [4.69, 9.17) is 71.1 Å². The first-order valence-corrected chi connectivity index (χ1v) is 44.1. The minimum atomic E-state index is -2.39. The number of benzene rings is 1. The van der Waals surface area contributed by atoms with Gasteiger partial charge in [-0.05, 0) is 32.1 Å². The van der Waals surface area contributed by atoms with Crippen LogP contribution in [0.4, 0.5) is 22.0 Å². The van der Waals surface area contributed by atoms with E-state index in [1.807, 2.05) is 0 Å². The standard InChI is InChI=1S/C82H129F5N16O30/c1-50(104)91-69-75(115)72(112)56(130-79(69)118-4)47-127-44-53-41-101(98-95-53)26-32-124-38-35-121-29-23-88-59(107)17-20-82(94-62(110)15-13-11-9-7-8-10-12-14-16-63(111)133-78-67(86)65(84)64(83)66(85)68(78)87,21-18-60(108)89-24-30-122-36-39-125-33-27-102-42-54(96-99-102)45-128-48-57-73(113)76(116)70(92-51(2)105)80(119-5)131-57)22-19-61(109)90-25-31-123-37-40-126-34-28-103-43-55(97-100-103)46-129-49-58-74(114)77(117)71(93-52(3)106)81(120-6)132-58/h41-43,56-58,69-77,79-81,112-117H,7-40,44-49H2,1-6H3,(H,88,107)(H,89,108)(H,90,109)(H,91,104)(H,92,105)(H,93,106)(H,94,110)/t56-,57-,58-,69-,70-,71-,72+,73+,74+,75-,76-,77-,79-,80-,81-/m1/s1. The molecule has 0 radical (unpaired) electrons. The molecular formula is C82H129F5N16O30. The maximum Gasteiger partial charge on any atom is 0.311 e. The predicted molar refractivity (Wildman–Crippen MR) is 445 cm³/mol. The minimum absolute atomic E-state index is 0.00664. The van der Waals surface area contributed by atoms with Crippen LogP contribution in [0.5, 0.6) is 5.75 Å². The van der Waals surface area contributed by atoms with Crippen LogP contribution in [0.1, 0.15) is 141 Å². The number of hydrogen-bond acceptors (Lipinski definition) is 36. The predicted octanol–water partition coefficient (Wildman–Crippen LogP) is -1.95. The fourth-order valence-corrected chi connectivity index (χ4v) is 14.3. The Hall–Kier alpha value is -8.79.